The topological polar surface area (TPSA) is 72.2 Å². The van der Waals surface area contributed by atoms with Crippen LogP contribution in [0.2, 0.25) is 0 Å². The van der Waals surface area contributed by atoms with Gasteiger partial charge in [0.25, 0.3) is 0 Å². The minimum atomic E-state index is -1.65. The number of carbonyl (C=O) groups is 1. The molecule has 1 N–H and O–H groups in total. The molecule has 5 nitrogen and oxygen atoms in total. The first kappa shape index (κ1) is 13.8. The molecule has 0 amide bonds. The summed E-state index contributed by atoms with van der Waals surface area (Å²) in [6, 6.07) is 1.28. The first-order chi connectivity index (χ1) is 9.31. The van der Waals surface area contributed by atoms with Crippen molar-refractivity contribution in [2.24, 2.45) is 0 Å². The highest BCUT2D eigenvalue weighted by Gasteiger charge is 2.16. The number of carboxylic acid groups (broad SMARTS) is 1. The van der Waals surface area contributed by atoms with Crippen LogP contribution in [0, 0.1) is 24.4 Å². The molecular formula is C12H7F3N2O3. The maximum atomic E-state index is 13.1. The molecule has 8 heteroatoms. The maximum absolute atomic E-state index is 13.1. The smallest absolute Gasteiger partial charge is 0.360 e. The molecule has 0 bridgehead atoms. The molecule has 104 valence electrons. The van der Waals surface area contributed by atoms with E-state index in [0.717, 1.165) is 10.9 Å². The Balaban J connectivity index is 2.71. The zero-order valence-corrected chi connectivity index (χ0v) is 10.0. The summed E-state index contributed by atoms with van der Waals surface area (Å²) >= 11 is 0. The number of hydrogen-bond donors (Lipinski definition) is 1. The van der Waals surface area contributed by atoms with Crippen LogP contribution in [0.15, 0.2) is 23.1 Å². The second-order valence-electron chi connectivity index (χ2n) is 3.96. The van der Waals surface area contributed by atoms with Crippen molar-refractivity contribution in [3.63, 3.8) is 0 Å². The van der Waals surface area contributed by atoms with E-state index in [2.05, 4.69) is 5.10 Å². The molecule has 0 atom stereocenters. The first-order valence-corrected chi connectivity index (χ1v) is 5.30. The average molecular weight is 284 g/mol. The summed E-state index contributed by atoms with van der Waals surface area (Å²) in [5.74, 6) is -6.12. The van der Waals surface area contributed by atoms with Crippen LogP contribution in [0.5, 0.6) is 0 Å². The molecule has 0 unspecified atom stereocenters. The zero-order valence-electron chi connectivity index (χ0n) is 10.0. The Hall–Kier alpha value is -2.64. The number of aryl methyl sites for hydroxylation is 1. The van der Waals surface area contributed by atoms with Gasteiger partial charge in [-0.3, -0.25) is 4.79 Å². The third kappa shape index (κ3) is 2.27. The second-order valence-corrected chi connectivity index (χ2v) is 3.96. The van der Waals surface area contributed by atoms with Gasteiger partial charge in [0.1, 0.15) is 0 Å². The van der Waals surface area contributed by atoms with Gasteiger partial charge in [-0.15, -0.1) is 0 Å². The minimum Gasteiger partial charge on any atom is -0.476 e. The van der Waals surface area contributed by atoms with Crippen LogP contribution in [-0.2, 0) is 0 Å². The largest absolute Gasteiger partial charge is 0.476 e. The summed E-state index contributed by atoms with van der Waals surface area (Å²) in [7, 11) is 0. The fraction of sp³-hybridized carbons (Fsp3) is 0.0833. The van der Waals surface area contributed by atoms with E-state index in [-0.39, 0.29) is 11.3 Å². The van der Waals surface area contributed by atoms with Gasteiger partial charge in [-0.05, 0) is 6.92 Å². The Kier molecular flexibility index (Phi) is 3.31. The molecule has 2 aromatic rings. The van der Waals surface area contributed by atoms with Crippen molar-refractivity contribution in [2.45, 2.75) is 6.92 Å². The molecule has 0 aliphatic rings. The molecule has 0 saturated heterocycles. The predicted molar refractivity (Wildman–Crippen MR) is 61.4 cm³/mol. The highest BCUT2D eigenvalue weighted by Crippen LogP contribution is 2.16. The molecule has 2 rings (SSSR count). The Morgan fingerprint density at radius 1 is 1.25 bits per heavy atom. The lowest BCUT2D eigenvalue weighted by Gasteiger charge is -2.08. The van der Waals surface area contributed by atoms with E-state index in [1.165, 1.54) is 6.92 Å². The number of nitrogens with zero attached hydrogens (tertiary/aromatic N) is 2. The van der Waals surface area contributed by atoms with E-state index < -0.39 is 34.5 Å². The van der Waals surface area contributed by atoms with Gasteiger partial charge in [0.15, 0.2) is 17.5 Å². The summed E-state index contributed by atoms with van der Waals surface area (Å²) in [6.07, 6.45) is 1.10. The van der Waals surface area contributed by atoms with Crippen molar-refractivity contribution in [1.29, 1.82) is 0 Å². The highest BCUT2D eigenvalue weighted by molar-refractivity contribution is 5.85. The van der Waals surface area contributed by atoms with Gasteiger partial charge in [-0.2, -0.15) is 5.10 Å². The third-order valence-corrected chi connectivity index (χ3v) is 2.53. The van der Waals surface area contributed by atoms with Crippen molar-refractivity contribution < 1.29 is 23.1 Å². The summed E-state index contributed by atoms with van der Waals surface area (Å²) < 4.78 is 39.9. The lowest BCUT2D eigenvalue weighted by atomic mass is 10.2. The van der Waals surface area contributed by atoms with Crippen LogP contribution in [0.4, 0.5) is 13.2 Å². The number of aromatic nitrogens is 2. The predicted octanol–water partition coefficient (Wildman–Crippen LogP) is 1.66. The molecule has 0 spiro atoms. The van der Waals surface area contributed by atoms with Crippen molar-refractivity contribution in [3.05, 3.63) is 57.3 Å². The maximum Gasteiger partial charge on any atom is 0.360 e. The van der Waals surface area contributed by atoms with Crippen LogP contribution >= 0.6 is 0 Å². The van der Waals surface area contributed by atoms with Gasteiger partial charge < -0.3 is 5.11 Å². The Labute approximate surface area is 109 Å². The van der Waals surface area contributed by atoms with Gasteiger partial charge in [0.05, 0.1) is 5.69 Å². The van der Waals surface area contributed by atoms with E-state index in [4.69, 9.17) is 5.11 Å². The van der Waals surface area contributed by atoms with E-state index in [1.807, 2.05) is 0 Å². The summed E-state index contributed by atoms with van der Waals surface area (Å²) in [4.78, 5) is 22.4. The molecule has 0 saturated carbocycles. The fourth-order valence-corrected chi connectivity index (χ4v) is 1.56. The van der Waals surface area contributed by atoms with Crippen LogP contribution in [0.1, 0.15) is 16.1 Å². The number of aromatic carboxylic acids is 1. The fourth-order valence-electron chi connectivity index (χ4n) is 1.56. The van der Waals surface area contributed by atoms with Crippen LogP contribution in [-0.4, -0.2) is 20.9 Å². The van der Waals surface area contributed by atoms with E-state index in [0.29, 0.717) is 12.1 Å². The lowest BCUT2D eigenvalue weighted by Crippen LogP contribution is -2.23. The molecule has 1 aromatic carbocycles. The first-order valence-electron chi connectivity index (χ1n) is 5.30. The van der Waals surface area contributed by atoms with Crippen molar-refractivity contribution in [2.75, 3.05) is 0 Å². The number of carboxylic acids is 1. The van der Waals surface area contributed by atoms with E-state index >= 15 is 0 Å². The van der Waals surface area contributed by atoms with Crippen LogP contribution in [0.3, 0.4) is 0 Å². The molecule has 1 aromatic heterocycles. The summed E-state index contributed by atoms with van der Waals surface area (Å²) in [5, 5.41) is 12.3. The molecule has 1 heterocycles. The molecule has 0 aliphatic carbocycles. The Morgan fingerprint density at radius 2 is 1.80 bits per heavy atom. The number of benzene rings is 1. The third-order valence-electron chi connectivity index (χ3n) is 2.53. The number of halogens is 3. The van der Waals surface area contributed by atoms with Gasteiger partial charge >= 0.3 is 5.97 Å². The average Bonchev–Trinajstić information content (AvgIpc) is 2.38. The molecule has 0 fully saturated rings. The molecule has 0 aliphatic heterocycles. The minimum absolute atomic E-state index is 0.0162. The standard InChI is InChI=1S/C12H7F3N2O3/c1-5-4-17(16-10(11(5)18)12(19)20)6-2-7(13)9(15)8(14)3-6/h2-4H,1H3,(H,19,20). The normalized spacial score (nSPS) is 10.6. The highest BCUT2D eigenvalue weighted by atomic mass is 19.2. The number of hydrogen-bond acceptors (Lipinski definition) is 3. The van der Waals surface area contributed by atoms with Gasteiger partial charge in [-0.25, -0.2) is 22.6 Å². The van der Waals surface area contributed by atoms with Gasteiger partial charge in [0, 0.05) is 23.9 Å². The van der Waals surface area contributed by atoms with Crippen molar-refractivity contribution >= 4 is 5.97 Å². The molecular weight excluding hydrogens is 277 g/mol. The van der Waals surface area contributed by atoms with Crippen molar-refractivity contribution in [3.8, 4) is 5.69 Å². The second kappa shape index (κ2) is 4.80. The van der Waals surface area contributed by atoms with Gasteiger partial charge in [0.2, 0.25) is 11.1 Å². The van der Waals surface area contributed by atoms with Crippen molar-refractivity contribution in [1.82, 2.24) is 9.78 Å². The quantitative estimate of drug-likeness (QED) is 0.851. The van der Waals surface area contributed by atoms with E-state index in [9.17, 15) is 22.8 Å². The lowest BCUT2D eigenvalue weighted by molar-refractivity contribution is 0.0686. The summed E-state index contributed by atoms with van der Waals surface area (Å²) in [6.45, 7) is 1.32. The molecule has 20 heavy (non-hydrogen) atoms. The molecule has 0 radical (unpaired) electrons. The van der Waals surface area contributed by atoms with E-state index in [1.54, 1.807) is 0 Å². The SMILES string of the molecule is Cc1cn(-c2cc(F)c(F)c(F)c2)nc(C(=O)O)c1=O. The summed E-state index contributed by atoms with van der Waals surface area (Å²) in [5.41, 5.74) is -1.83. The monoisotopic (exact) mass is 284 g/mol. The number of rotatable bonds is 2. The Bertz CT molecular complexity index is 748. The van der Waals surface area contributed by atoms with Crippen LogP contribution < -0.4 is 5.43 Å². The zero-order chi connectivity index (χ0) is 15.0. The Morgan fingerprint density at radius 3 is 2.30 bits per heavy atom. The van der Waals surface area contributed by atoms with Gasteiger partial charge in [-0.1, -0.05) is 0 Å². The van der Waals surface area contributed by atoms with Crippen LogP contribution in [0.25, 0.3) is 5.69 Å².